The molecule has 2 amide bonds. The molecule has 1 aromatic rings. The van der Waals surface area contributed by atoms with Crippen LogP contribution in [0.2, 0.25) is 0 Å². The van der Waals surface area contributed by atoms with Crippen molar-refractivity contribution in [2.45, 2.75) is 19.9 Å². The van der Waals surface area contributed by atoms with Crippen molar-refractivity contribution < 1.29 is 4.79 Å². The summed E-state index contributed by atoms with van der Waals surface area (Å²) in [7, 11) is 2.04. The highest BCUT2D eigenvalue weighted by molar-refractivity contribution is 5.89. The summed E-state index contributed by atoms with van der Waals surface area (Å²) < 4.78 is 0. The fourth-order valence-corrected chi connectivity index (χ4v) is 1.66. The Bertz CT molecular complexity index is 334. The molecule has 94 valence electrons. The topological polar surface area (TPSA) is 44.4 Å². The highest BCUT2D eigenvalue weighted by atomic mass is 16.2. The maximum Gasteiger partial charge on any atom is 0.319 e. The maximum atomic E-state index is 11.5. The van der Waals surface area contributed by atoms with Gasteiger partial charge >= 0.3 is 6.03 Å². The number of likely N-dealkylation sites (tertiary alicyclic amines) is 1. The van der Waals surface area contributed by atoms with Gasteiger partial charge in [0.05, 0.1) is 6.04 Å². The van der Waals surface area contributed by atoms with E-state index in [1.807, 2.05) is 51.2 Å². The maximum absolute atomic E-state index is 11.5. The zero-order valence-corrected chi connectivity index (χ0v) is 10.7. The van der Waals surface area contributed by atoms with Gasteiger partial charge in [-0.3, -0.25) is 0 Å². The Morgan fingerprint density at radius 2 is 1.82 bits per heavy atom. The van der Waals surface area contributed by atoms with Crippen molar-refractivity contribution in [2.24, 2.45) is 0 Å². The molecule has 4 heteroatoms. The first-order valence-electron chi connectivity index (χ1n) is 6.05. The molecule has 1 aliphatic heterocycles. The van der Waals surface area contributed by atoms with Crippen molar-refractivity contribution >= 4 is 11.7 Å². The SMILES string of the molecule is CC.CN1CC(NC(=O)Nc2ccccc2)C1. The van der Waals surface area contributed by atoms with Gasteiger partial charge in [0.15, 0.2) is 0 Å². The van der Waals surface area contributed by atoms with Crippen molar-refractivity contribution in [1.82, 2.24) is 10.2 Å². The molecule has 4 nitrogen and oxygen atoms in total. The van der Waals surface area contributed by atoms with Crippen LogP contribution in [0.5, 0.6) is 0 Å². The minimum absolute atomic E-state index is 0.126. The third-order valence-electron chi connectivity index (χ3n) is 2.43. The quantitative estimate of drug-likeness (QED) is 0.825. The molecule has 1 saturated heterocycles. The van der Waals surface area contributed by atoms with E-state index in [4.69, 9.17) is 0 Å². The number of amides is 2. The lowest BCUT2D eigenvalue weighted by molar-refractivity contribution is 0.165. The van der Waals surface area contributed by atoms with E-state index in [-0.39, 0.29) is 6.03 Å². The predicted octanol–water partition coefficient (Wildman–Crippen LogP) is 2.15. The van der Waals surface area contributed by atoms with Gasteiger partial charge in [0.2, 0.25) is 0 Å². The van der Waals surface area contributed by atoms with Crippen LogP contribution in [0, 0.1) is 0 Å². The molecule has 1 fully saturated rings. The Morgan fingerprint density at radius 3 is 2.35 bits per heavy atom. The molecule has 0 spiro atoms. The Kier molecular flexibility index (Phi) is 5.49. The first kappa shape index (κ1) is 13.5. The van der Waals surface area contributed by atoms with Crippen LogP contribution in [0.25, 0.3) is 0 Å². The number of nitrogens with zero attached hydrogens (tertiary/aromatic N) is 1. The van der Waals surface area contributed by atoms with Crippen LogP contribution >= 0.6 is 0 Å². The van der Waals surface area contributed by atoms with E-state index in [9.17, 15) is 4.79 Å². The summed E-state index contributed by atoms with van der Waals surface area (Å²) in [5.74, 6) is 0. The number of para-hydroxylation sites is 1. The lowest BCUT2D eigenvalue weighted by Crippen LogP contribution is -2.58. The molecule has 2 N–H and O–H groups in total. The minimum atomic E-state index is -0.126. The lowest BCUT2D eigenvalue weighted by Gasteiger charge is -2.36. The number of carbonyl (C=O) groups excluding carboxylic acids is 1. The number of carbonyl (C=O) groups is 1. The van der Waals surface area contributed by atoms with Crippen LogP contribution in [-0.2, 0) is 0 Å². The predicted molar refractivity (Wildman–Crippen MR) is 71.2 cm³/mol. The number of anilines is 1. The summed E-state index contributed by atoms with van der Waals surface area (Å²) in [6.07, 6.45) is 0. The zero-order valence-electron chi connectivity index (χ0n) is 10.7. The van der Waals surface area contributed by atoms with E-state index in [2.05, 4.69) is 15.5 Å². The van der Waals surface area contributed by atoms with Crippen LogP contribution in [0.4, 0.5) is 10.5 Å². The fraction of sp³-hybridized carbons (Fsp3) is 0.462. The Hall–Kier alpha value is -1.55. The van der Waals surface area contributed by atoms with Crippen molar-refractivity contribution in [3.8, 4) is 0 Å². The third-order valence-corrected chi connectivity index (χ3v) is 2.43. The van der Waals surface area contributed by atoms with Crippen LogP contribution < -0.4 is 10.6 Å². The smallest absolute Gasteiger partial charge is 0.319 e. The molecule has 0 unspecified atom stereocenters. The number of hydrogen-bond donors (Lipinski definition) is 2. The molecule has 1 heterocycles. The van der Waals surface area contributed by atoms with E-state index in [0.29, 0.717) is 6.04 Å². The third kappa shape index (κ3) is 4.44. The summed E-state index contributed by atoms with van der Waals surface area (Å²) in [6, 6.07) is 9.61. The number of likely N-dealkylation sites (N-methyl/N-ethyl adjacent to an activating group) is 1. The molecule has 0 atom stereocenters. The van der Waals surface area contributed by atoms with Crippen LogP contribution in [0.15, 0.2) is 30.3 Å². The average Bonchev–Trinajstić information content (AvgIpc) is 2.31. The summed E-state index contributed by atoms with van der Waals surface area (Å²) >= 11 is 0. The molecule has 0 bridgehead atoms. The molecule has 1 aliphatic rings. The van der Waals surface area contributed by atoms with Crippen LogP contribution in [0.3, 0.4) is 0 Å². The van der Waals surface area contributed by atoms with Crippen molar-refractivity contribution in [2.75, 3.05) is 25.5 Å². The van der Waals surface area contributed by atoms with Crippen molar-refractivity contribution in [3.05, 3.63) is 30.3 Å². The van der Waals surface area contributed by atoms with E-state index in [1.54, 1.807) is 0 Å². The normalized spacial score (nSPS) is 15.2. The summed E-state index contributed by atoms with van der Waals surface area (Å²) in [6.45, 7) is 5.87. The van der Waals surface area contributed by atoms with E-state index in [0.717, 1.165) is 18.8 Å². The minimum Gasteiger partial charge on any atom is -0.333 e. The second-order valence-electron chi connectivity index (χ2n) is 3.88. The number of rotatable bonds is 2. The standard InChI is InChI=1S/C11H15N3O.C2H6/c1-14-7-10(8-14)13-11(15)12-9-5-3-2-4-6-9;1-2/h2-6,10H,7-8H2,1H3,(H2,12,13,15);1-2H3. The van der Waals surface area contributed by atoms with Gasteiger partial charge in [-0.2, -0.15) is 0 Å². The van der Waals surface area contributed by atoms with E-state index >= 15 is 0 Å². The number of benzene rings is 1. The summed E-state index contributed by atoms with van der Waals surface area (Å²) in [4.78, 5) is 13.6. The molecule has 0 saturated carbocycles. The molecule has 1 aromatic carbocycles. The van der Waals surface area contributed by atoms with Gasteiger partial charge in [0.1, 0.15) is 0 Å². The summed E-state index contributed by atoms with van der Waals surface area (Å²) in [5.41, 5.74) is 0.822. The molecule has 17 heavy (non-hydrogen) atoms. The Balaban J connectivity index is 0.000000686. The molecular formula is C13H21N3O. The van der Waals surface area contributed by atoms with Gasteiger partial charge in [-0.1, -0.05) is 32.0 Å². The summed E-state index contributed by atoms with van der Waals surface area (Å²) in [5, 5.41) is 5.69. The van der Waals surface area contributed by atoms with Gasteiger partial charge in [0, 0.05) is 18.8 Å². The first-order chi connectivity index (χ1) is 8.24. The van der Waals surface area contributed by atoms with Gasteiger partial charge in [-0.15, -0.1) is 0 Å². The van der Waals surface area contributed by atoms with Gasteiger partial charge in [-0.25, -0.2) is 4.79 Å². The van der Waals surface area contributed by atoms with Crippen LogP contribution in [0.1, 0.15) is 13.8 Å². The highest BCUT2D eigenvalue weighted by Crippen LogP contribution is 2.06. The molecule has 0 aliphatic carbocycles. The van der Waals surface area contributed by atoms with Gasteiger partial charge in [-0.05, 0) is 19.2 Å². The zero-order chi connectivity index (χ0) is 12.7. The van der Waals surface area contributed by atoms with Crippen LogP contribution in [-0.4, -0.2) is 37.1 Å². The largest absolute Gasteiger partial charge is 0.333 e. The molecule has 0 radical (unpaired) electrons. The van der Waals surface area contributed by atoms with Gasteiger partial charge in [0.25, 0.3) is 0 Å². The fourth-order valence-electron chi connectivity index (χ4n) is 1.66. The van der Waals surface area contributed by atoms with Crippen molar-refractivity contribution in [1.29, 1.82) is 0 Å². The Labute approximate surface area is 103 Å². The van der Waals surface area contributed by atoms with E-state index in [1.165, 1.54) is 0 Å². The van der Waals surface area contributed by atoms with Crippen molar-refractivity contribution in [3.63, 3.8) is 0 Å². The Morgan fingerprint density at radius 1 is 1.24 bits per heavy atom. The second-order valence-corrected chi connectivity index (χ2v) is 3.88. The average molecular weight is 235 g/mol. The highest BCUT2D eigenvalue weighted by Gasteiger charge is 2.24. The monoisotopic (exact) mass is 235 g/mol. The number of nitrogens with one attached hydrogen (secondary N) is 2. The lowest BCUT2D eigenvalue weighted by atomic mass is 10.1. The van der Waals surface area contributed by atoms with E-state index < -0.39 is 0 Å². The second kappa shape index (κ2) is 6.91. The molecule has 2 rings (SSSR count). The number of hydrogen-bond acceptors (Lipinski definition) is 2. The van der Waals surface area contributed by atoms with Gasteiger partial charge < -0.3 is 15.5 Å². The number of urea groups is 1. The molecular weight excluding hydrogens is 214 g/mol. The first-order valence-corrected chi connectivity index (χ1v) is 6.05. The molecule has 0 aromatic heterocycles.